The molecule has 0 bridgehead atoms. The van der Waals surface area contributed by atoms with Crippen molar-refractivity contribution in [2.24, 2.45) is 5.73 Å². The van der Waals surface area contributed by atoms with E-state index in [4.69, 9.17) is 10.3 Å². The first-order valence-corrected chi connectivity index (χ1v) is 5.34. The van der Waals surface area contributed by atoms with Gasteiger partial charge in [-0.3, -0.25) is 4.79 Å². The van der Waals surface area contributed by atoms with E-state index >= 15 is 0 Å². The molecular formula is C13H14N2O2. The van der Waals surface area contributed by atoms with Crippen molar-refractivity contribution >= 4 is 5.91 Å². The van der Waals surface area contributed by atoms with Crippen LogP contribution in [-0.2, 0) is 0 Å². The first-order valence-electron chi connectivity index (χ1n) is 5.34. The second-order valence-corrected chi connectivity index (χ2v) is 4.21. The molecule has 0 saturated heterocycles. The normalized spacial score (nSPS) is 10.5. The van der Waals surface area contributed by atoms with Gasteiger partial charge in [-0.1, -0.05) is 22.9 Å². The monoisotopic (exact) mass is 230 g/mol. The van der Waals surface area contributed by atoms with Gasteiger partial charge in [0.15, 0.2) is 0 Å². The standard InChI is InChI=1S/C13H14N2O2/c1-7-4-8(2)12(9(3)5-7)10-6-11(13(14)16)17-15-10/h4-6H,1-3H3,(H2,14,16). The molecule has 2 rings (SSSR count). The van der Waals surface area contributed by atoms with Gasteiger partial charge in [0.25, 0.3) is 5.91 Å². The second kappa shape index (κ2) is 4.05. The van der Waals surface area contributed by atoms with Crippen molar-refractivity contribution in [2.45, 2.75) is 20.8 Å². The molecule has 2 N–H and O–H groups in total. The van der Waals surface area contributed by atoms with Gasteiger partial charge in [-0.2, -0.15) is 0 Å². The third kappa shape index (κ3) is 2.06. The van der Waals surface area contributed by atoms with Gasteiger partial charge in [-0.25, -0.2) is 0 Å². The van der Waals surface area contributed by atoms with E-state index in [1.54, 1.807) is 6.07 Å². The van der Waals surface area contributed by atoms with E-state index < -0.39 is 5.91 Å². The highest BCUT2D eigenvalue weighted by Crippen LogP contribution is 2.27. The number of hydrogen-bond donors (Lipinski definition) is 1. The van der Waals surface area contributed by atoms with E-state index in [2.05, 4.69) is 17.3 Å². The average molecular weight is 230 g/mol. The number of rotatable bonds is 2. The summed E-state index contributed by atoms with van der Waals surface area (Å²) in [6.07, 6.45) is 0. The predicted molar refractivity (Wildman–Crippen MR) is 64.7 cm³/mol. The molecule has 2 aromatic rings. The minimum Gasteiger partial charge on any atom is -0.363 e. The molecule has 1 aromatic heterocycles. The summed E-state index contributed by atoms with van der Waals surface area (Å²) >= 11 is 0. The molecule has 17 heavy (non-hydrogen) atoms. The highest BCUT2D eigenvalue weighted by molar-refractivity contribution is 5.91. The van der Waals surface area contributed by atoms with Crippen LogP contribution in [0.1, 0.15) is 27.2 Å². The first-order chi connectivity index (χ1) is 7.99. The Hall–Kier alpha value is -2.10. The molecule has 1 heterocycles. The minimum atomic E-state index is -0.605. The minimum absolute atomic E-state index is 0.0828. The molecule has 0 spiro atoms. The van der Waals surface area contributed by atoms with E-state index in [0.717, 1.165) is 16.7 Å². The van der Waals surface area contributed by atoms with Crippen molar-refractivity contribution in [1.29, 1.82) is 0 Å². The Morgan fingerprint density at radius 1 is 1.18 bits per heavy atom. The van der Waals surface area contributed by atoms with Crippen molar-refractivity contribution in [1.82, 2.24) is 5.16 Å². The van der Waals surface area contributed by atoms with Crippen LogP contribution in [0.15, 0.2) is 22.7 Å². The fraction of sp³-hybridized carbons (Fsp3) is 0.231. The zero-order valence-corrected chi connectivity index (χ0v) is 10.1. The van der Waals surface area contributed by atoms with Gasteiger partial charge in [-0.15, -0.1) is 0 Å². The number of carbonyl (C=O) groups is 1. The molecule has 88 valence electrons. The largest absolute Gasteiger partial charge is 0.363 e. The van der Waals surface area contributed by atoms with E-state index in [0.29, 0.717) is 5.69 Å². The summed E-state index contributed by atoms with van der Waals surface area (Å²) in [6, 6.07) is 5.72. The average Bonchev–Trinajstić information content (AvgIpc) is 2.65. The lowest BCUT2D eigenvalue weighted by molar-refractivity contribution is 0.0965. The van der Waals surface area contributed by atoms with Crippen molar-refractivity contribution < 1.29 is 9.32 Å². The lowest BCUT2D eigenvalue weighted by Crippen LogP contribution is -2.09. The molecule has 4 heteroatoms. The Morgan fingerprint density at radius 2 is 1.76 bits per heavy atom. The number of nitrogens with zero attached hydrogens (tertiary/aromatic N) is 1. The van der Waals surface area contributed by atoms with Crippen molar-refractivity contribution in [3.63, 3.8) is 0 Å². The Bertz CT molecular complexity index is 562. The van der Waals surface area contributed by atoms with Crippen LogP contribution in [0.4, 0.5) is 0 Å². The van der Waals surface area contributed by atoms with Gasteiger partial charge in [0.2, 0.25) is 5.76 Å². The first kappa shape index (κ1) is 11.4. The number of primary amides is 1. The summed E-state index contributed by atoms with van der Waals surface area (Å²) in [5, 5.41) is 3.88. The van der Waals surface area contributed by atoms with Gasteiger partial charge in [0.1, 0.15) is 5.69 Å². The summed E-state index contributed by atoms with van der Waals surface area (Å²) in [4.78, 5) is 11.0. The molecule has 0 radical (unpaired) electrons. The fourth-order valence-electron chi connectivity index (χ4n) is 2.09. The second-order valence-electron chi connectivity index (χ2n) is 4.21. The third-order valence-corrected chi connectivity index (χ3v) is 2.69. The van der Waals surface area contributed by atoms with Crippen LogP contribution in [-0.4, -0.2) is 11.1 Å². The summed E-state index contributed by atoms with van der Waals surface area (Å²) in [5.74, 6) is -0.523. The maximum Gasteiger partial charge on any atom is 0.287 e. The van der Waals surface area contributed by atoms with Crippen LogP contribution in [0.3, 0.4) is 0 Å². The highest BCUT2D eigenvalue weighted by Gasteiger charge is 2.14. The zero-order chi connectivity index (χ0) is 12.6. The SMILES string of the molecule is Cc1cc(C)c(-c2cc(C(N)=O)on2)c(C)c1. The van der Waals surface area contributed by atoms with Crippen molar-refractivity contribution in [2.75, 3.05) is 0 Å². The number of aryl methyl sites for hydroxylation is 3. The van der Waals surface area contributed by atoms with Gasteiger partial charge < -0.3 is 10.3 Å². The van der Waals surface area contributed by atoms with Gasteiger partial charge in [-0.05, 0) is 31.9 Å². The Kier molecular flexibility index (Phi) is 2.71. The third-order valence-electron chi connectivity index (χ3n) is 2.69. The zero-order valence-electron chi connectivity index (χ0n) is 10.1. The number of amides is 1. The quantitative estimate of drug-likeness (QED) is 0.861. The molecule has 0 atom stereocenters. The predicted octanol–water partition coefficient (Wildman–Crippen LogP) is 2.37. The molecule has 1 aromatic carbocycles. The van der Waals surface area contributed by atoms with E-state index in [1.807, 2.05) is 20.8 Å². The molecule has 0 unspecified atom stereocenters. The molecule has 0 aliphatic rings. The van der Waals surface area contributed by atoms with Crippen molar-refractivity contribution in [3.05, 3.63) is 40.6 Å². The number of aromatic nitrogens is 1. The summed E-state index contributed by atoms with van der Waals surface area (Å²) < 4.78 is 4.90. The van der Waals surface area contributed by atoms with Gasteiger partial charge in [0, 0.05) is 11.6 Å². The fourth-order valence-corrected chi connectivity index (χ4v) is 2.09. The number of carbonyl (C=O) groups excluding carboxylic acids is 1. The van der Waals surface area contributed by atoms with Crippen LogP contribution in [0.25, 0.3) is 11.3 Å². The van der Waals surface area contributed by atoms with E-state index in [1.165, 1.54) is 5.56 Å². The molecular weight excluding hydrogens is 216 g/mol. The molecule has 4 nitrogen and oxygen atoms in total. The molecule has 0 aliphatic heterocycles. The lowest BCUT2D eigenvalue weighted by atomic mass is 9.97. The Labute approximate surface area is 99.4 Å². The number of benzene rings is 1. The van der Waals surface area contributed by atoms with Crippen molar-refractivity contribution in [3.8, 4) is 11.3 Å². The number of hydrogen-bond acceptors (Lipinski definition) is 3. The highest BCUT2D eigenvalue weighted by atomic mass is 16.5. The van der Waals surface area contributed by atoms with Crippen LogP contribution in [0.5, 0.6) is 0 Å². The number of nitrogens with two attached hydrogens (primary N) is 1. The van der Waals surface area contributed by atoms with E-state index in [9.17, 15) is 4.79 Å². The molecule has 1 amide bonds. The van der Waals surface area contributed by atoms with Gasteiger partial charge >= 0.3 is 0 Å². The van der Waals surface area contributed by atoms with Crippen LogP contribution in [0.2, 0.25) is 0 Å². The van der Waals surface area contributed by atoms with Crippen LogP contribution >= 0.6 is 0 Å². The summed E-state index contributed by atoms with van der Waals surface area (Å²) in [6.45, 7) is 6.06. The lowest BCUT2D eigenvalue weighted by Gasteiger charge is -2.07. The van der Waals surface area contributed by atoms with E-state index in [-0.39, 0.29) is 5.76 Å². The summed E-state index contributed by atoms with van der Waals surface area (Å²) in [5.41, 5.74) is 10.2. The Morgan fingerprint density at radius 3 is 2.24 bits per heavy atom. The Balaban J connectivity index is 2.56. The summed E-state index contributed by atoms with van der Waals surface area (Å²) in [7, 11) is 0. The van der Waals surface area contributed by atoms with Gasteiger partial charge in [0.05, 0.1) is 0 Å². The van der Waals surface area contributed by atoms with Crippen LogP contribution in [0, 0.1) is 20.8 Å². The maximum absolute atomic E-state index is 11.0. The smallest absolute Gasteiger partial charge is 0.287 e. The molecule has 0 aliphatic carbocycles. The molecule has 0 fully saturated rings. The van der Waals surface area contributed by atoms with Crippen LogP contribution < -0.4 is 5.73 Å². The topological polar surface area (TPSA) is 69.1 Å². The molecule has 0 saturated carbocycles. The maximum atomic E-state index is 11.0.